The van der Waals surface area contributed by atoms with E-state index < -0.39 is 0 Å². The standard InChI is InChI=1S/C9H12ClN3O/c1-6(2)3-4-13-5-12-8(10)7(11)9(13)14/h5H,1,3-4,11H2,2H3. The van der Waals surface area contributed by atoms with Crippen molar-refractivity contribution in [1.82, 2.24) is 9.55 Å². The maximum atomic E-state index is 11.5. The van der Waals surface area contributed by atoms with E-state index in [2.05, 4.69) is 11.6 Å². The minimum Gasteiger partial charge on any atom is -0.392 e. The SMILES string of the molecule is C=C(C)CCn1cnc(Cl)c(N)c1=O. The second-order valence-corrected chi connectivity index (χ2v) is 3.51. The fourth-order valence-corrected chi connectivity index (χ4v) is 1.08. The third kappa shape index (κ3) is 2.35. The molecule has 0 aliphatic carbocycles. The third-order valence-electron chi connectivity index (χ3n) is 1.80. The van der Waals surface area contributed by atoms with Crippen molar-refractivity contribution in [1.29, 1.82) is 0 Å². The van der Waals surface area contributed by atoms with Gasteiger partial charge in [-0.3, -0.25) is 9.36 Å². The molecule has 0 aliphatic rings. The monoisotopic (exact) mass is 213 g/mol. The number of nitrogen functional groups attached to an aromatic ring is 1. The van der Waals surface area contributed by atoms with Gasteiger partial charge in [-0.25, -0.2) is 4.98 Å². The molecule has 0 saturated carbocycles. The highest BCUT2D eigenvalue weighted by atomic mass is 35.5. The van der Waals surface area contributed by atoms with Crippen LogP contribution >= 0.6 is 11.6 Å². The van der Waals surface area contributed by atoms with E-state index in [4.69, 9.17) is 17.3 Å². The number of nitrogens with zero attached hydrogens (tertiary/aromatic N) is 2. The fraction of sp³-hybridized carbons (Fsp3) is 0.333. The highest BCUT2D eigenvalue weighted by molar-refractivity contribution is 6.31. The van der Waals surface area contributed by atoms with Crippen LogP contribution < -0.4 is 11.3 Å². The van der Waals surface area contributed by atoms with Gasteiger partial charge in [-0.05, 0) is 13.3 Å². The van der Waals surface area contributed by atoms with E-state index in [1.54, 1.807) is 0 Å². The van der Waals surface area contributed by atoms with Gasteiger partial charge >= 0.3 is 0 Å². The van der Waals surface area contributed by atoms with Crippen molar-refractivity contribution in [3.63, 3.8) is 0 Å². The predicted octanol–water partition coefficient (Wildman–Crippen LogP) is 1.45. The fourth-order valence-electron chi connectivity index (χ4n) is 0.956. The first-order valence-corrected chi connectivity index (χ1v) is 4.55. The molecule has 0 aliphatic heterocycles. The van der Waals surface area contributed by atoms with Crippen LogP contribution in [0.5, 0.6) is 0 Å². The van der Waals surface area contributed by atoms with Crippen molar-refractivity contribution < 1.29 is 0 Å². The molecule has 1 aromatic rings. The first-order chi connectivity index (χ1) is 6.52. The van der Waals surface area contributed by atoms with Crippen molar-refractivity contribution in [2.45, 2.75) is 19.9 Å². The van der Waals surface area contributed by atoms with Crippen molar-refractivity contribution in [2.24, 2.45) is 0 Å². The molecule has 0 aromatic carbocycles. The smallest absolute Gasteiger partial charge is 0.278 e. The Morgan fingerprint density at radius 1 is 1.79 bits per heavy atom. The van der Waals surface area contributed by atoms with Gasteiger partial charge in [0.1, 0.15) is 5.69 Å². The van der Waals surface area contributed by atoms with Crippen LogP contribution in [-0.4, -0.2) is 9.55 Å². The Balaban J connectivity index is 2.95. The van der Waals surface area contributed by atoms with Gasteiger partial charge in [-0.2, -0.15) is 0 Å². The Morgan fingerprint density at radius 2 is 2.43 bits per heavy atom. The van der Waals surface area contributed by atoms with E-state index in [1.807, 2.05) is 6.92 Å². The van der Waals surface area contributed by atoms with Crippen molar-refractivity contribution in [3.05, 3.63) is 34.0 Å². The number of aryl methyl sites for hydroxylation is 1. The molecule has 0 fully saturated rings. The van der Waals surface area contributed by atoms with E-state index in [0.717, 1.165) is 12.0 Å². The quantitative estimate of drug-likeness (QED) is 0.611. The lowest BCUT2D eigenvalue weighted by Crippen LogP contribution is -2.23. The van der Waals surface area contributed by atoms with Gasteiger partial charge in [0.15, 0.2) is 5.15 Å². The van der Waals surface area contributed by atoms with Crippen LogP contribution in [-0.2, 0) is 6.54 Å². The Hall–Kier alpha value is -1.29. The molecule has 5 heteroatoms. The summed E-state index contributed by atoms with van der Waals surface area (Å²) < 4.78 is 1.43. The number of halogens is 1. The van der Waals surface area contributed by atoms with E-state index in [-0.39, 0.29) is 16.4 Å². The topological polar surface area (TPSA) is 60.9 Å². The highest BCUT2D eigenvalue weighted by Crippen LogP contribution is 2.08. The Labute approximate surface area is 87.0 Å². The van der Waals surface area contributed by atoms with Gasteiger partial charge < -0.3 is 5.73 Å². The van der Waals surface area contributed by atoms with E-state index in [1.165, 1.54) is 10.9 Å². The minimum atomic E-state index is -0.300. The lowest BCUT2D eigenvalue weighted by atomic mass is 10.2. The molecule has 2 N–H and O–H groups in total. The molecular formula is C9H12ClN3O. The molecule has 1 heterocycles. The summed E-state index contributed by atoms with van der Waals surface area (Å²) in [6, 6.07) is 0. The molecule has 0 unspecified atom stereocenters. The molecule has 0 radical (unpaired) electrons. The number of anilines is 1. The summed E-state index contributed by atoms with van der Waals surface area (Å²) in [7, 11) is 0. The summed E-state index contributed by atoms with van der Waals surface area (Å²) in [4.78, 5) is 15.3. The van der Waals surface area contributed by atoms with Crippen LogP contribution in [0.1, 0.15) is 13.3 Å². The molecule has 76 valence electrons. The van der Waals surface area contributed by atoms with Gasteiger partial charge in [-0.1, -0.05) is 17.2 Å². The zero-order valence-electron chi connectivity index (χ0n) is 7.96. The molecule has 1 rings (SSSR count). The Kier molecular flexibility index (Phi) is 3.30. The van der Waals surface area contributed by atoms with Crippen LogP contribution in [0.15, 0.2) is 23.3 Å². The highest BCUT2D eigenvalue weighted by Gasteiger charge is 2.05. The maximum Gasteiger partial charge on any atom is 0.278 e. The van der Waals surface area contributed by atoms with Gasteiger partial charge in [0, 0.05) is 6.54 Å². The largest absolute Gasteiger partial charge is 0.392 e. The van der Waals surface area contributed by atoms with E-state index in [9.17, 15) is 4.79 Å². The summed E-state index contributed by atoms with van der Waals surface area (Å²) >= 11 is 5.58. The molecule has 0 atom stereocenters. The number of hydrogen-bond donors (Lipinski definition) is 1. The number of aromatic nitrogens is 2. The summed E-state index contributed by atoms with van der Waals surface area (Å²) in [5.41, 5.74) is 6.14. The minimum absolute atomic E-state index is 0.00381. The van der Waals surface area contributed by atoms with Crippen LogP contribution in [0.4, 0.5) is 5.69 Å². The summed E-state index contributed by atoms with van der Waals surface area (Å²) in [6.45, 7) is 6.18. The third-order valence-corrected chi connectivity index (χ3v) is 2.10. The first-order valence-electron chi connectivity index (χ1n) is 4.17. The summed E-state index contributed by atoms with van der Waals surface area (Å²) in [6.07, 6.45) is 2.12. The van der Waals surface area contributed by atoms with Gasteiger partial charge in [0.05, 0.1) is 6.33 Å². The van der Waals surface area contributed by atoms with Crippen LogP contribution in [0, 0.1) is 0 Å². The van der Waals surface area contributed by atoms with E-state index in [0.29, 0.717) is 6.54 Å². The molecule has 14 heavy (non-hydrogen) atoms. The van der Waals surface area contributed by atoms with Crippen LogP contribution in [0.3, 0.4) is 0 Å². The number of allylic oxidation sites excluding steroid dienone is 1. The normalized spacial score (nSPS) is 10.1. The van der Waals surface area contributed by atoms with Crippen molar-refractivity contribution >= 4 is 17.3 Å². The number of hydrogen-bond acceptors (Lipinski definition) is 3. The molecule has 0 bridgehead atoms. The van der Waals surface area contributed by atoms with Crippen molar-refractivity contribution in [3.8, 4) is 0 Å². The lowest BCUT2D eigenvalue weighted by molar-refractivity contribution is 0.654. The van der Waals surface area contributed by atoms with Crippen LogP contribution in [0.25, 0.3) is 0 Å². The molecule has 0 spiro atoms. The van der Waals surface area contributed by atoms with Gasteiger partial charge in [-0.15, -0.1) is 6.58 Å². The maximum absolute atomic E-state index is 11.5. The molecular weight excluding hydrogens is 202 g/mol. The average Bonchev–Trinajstić information content (AvgIpc) is 2.13. The van der Waals surface area contributed by atoms with Gasteiger partial charge in [0.25, 0.3) is 5.56 Å². The van der Waals surface area contributed by atoms with Gasteiger partial charge in [0.2, 0.25) is 0 Å². The second kappa shape index (κ2) is 4.28. The predicted molar refractivity (Wildman–Crippen MR) is 57.4 cm³/mol. The molecule has 1 aromatic heterocycles. The van der Waals surface area contributed by atoms with E-state index >= 15 is 0 Å². The number of rotatable bonds is 3. The molecule has 4 nitrogen and oxygen atoms in total. The Morgan fingerprint density at radius 3 is 3.00 bits per heavy atom. The zero-order chi connectivity index (χ0) is 10.7. The van der Waals surface area contributed by atoms with Crippen molar-refractivity contribution in [2.75, 3.05) is 5.73 Å². The number of nitrogens with two attached hydrogens (primary N) is 1. The first kappa shape index (κ1) is 10.8. The lowest BCUT2D eigenvalue weighted by Gasteiger charge is -2.05. The summed E-state index contributed by atoms with van der Waals surface area (Å²) in [5.74, 6) is 0. The molecule has 0 amide bonds. The molecule has 0 saturated heterocycles. The van der Waals surface area contributed by atoms with Crippen LogP contribution in [0.2, 0.25) is 5.15 Å². The Bertz CT molecular complexity index is 411. The second-order valence-electron chi connectivity index (χ2n) is 3.15. The zero-order valence-corrected chi connectivity index (χ0v) is 8.71. The average molecular weight is 214 g/mol. The summed E-state index contributed by atoms with van der Waals surface area (Å²) in [5, 5.41) is 0.0570.